The highest BCUT2D eigenvalue weighted by molar-refractivity contribution is 5.79. The maximum atomic E-state index is 12.3. The Kier molecular flexibility index (Phi) is 4.32. The van der Waals surface area contributed by atoms with E-state index in [0.717, 1.165) is 17.1 Å². The third-order valence-corrected chi connectivity index (χ3v) is 4.07. The van der Waals surface area contributed by atoms with Gasteiger partial charge in [0, 0.05) is 19.0 Å². The second kappa shape index (κ2) is 6.40. The first kappa shape index (κ1) is 15.5. The van der Waals surface area contributed by atoms with Crippen molar-refractivity contribution in [3.05, 3.63) is 41.5 Å². The molecule has 23 heavy (non-hydrogen) atoms. The lowest BCUT2D eigenvalue weighted by atomic mass is 9.98. The number of amides is 1. The summed E-state index contributed by atoms with van der Waals surface area (Å²) in [6, 6.07) is 7.57. The minimum atomic E-state index is 0.120. The number of nitrogens with zero attached hydrogens (tertiary/aromatic N) is 3. The van der Waals surface area contributed by atoms with Gasteiger partial charge in [-0.15, -0.1) is 0 Å². The normalized spacial score (nSPS) is 14.9. The van der Waals surface area contributed by atoms with Crippen molar-refractivity contribution in [3.8, 4) is 5.75 Å². The molecule has 1 aromatic heterocycles. The van der Waals surface area contributed by atoms with Crippen LogP contribution in [0.2, 0.25) is 0 Å². The molecule has 1 aromatic carbocycles. The van der Waals surface area contributed by atoms with Crippen LogP contribution >= 0.6 is 0 Å². The molecule has 2 aromatic rings. The Morgan fingerprint density at radius 3 is 2.61 bits per heavy atom. The van der Waals surface area contributed by atoms with Crippen molar-refractivity contribution in [2.24, 2.45) is 0 Å². The number of carbonyl (C=O) groups excluding carboxylic acids is 1. The molecule has 6 heteroatoms. The van der Waals surface area contributed by atoms with Gasteiger partial charge in [0.1, 0.15) is 5.75 Å². The number of ether oxygens (including phenoxy) is 1. The first-order valence-corrected chi connectivity index (χ1v) is 7.81. The molecule has 3 rings (SSSR count). The zero-order valence-corrected chi connectivity index (χ0v) is 13.7. The van der Waals surface area contributed by atoms with E-state index in [1.165, 1.54) is 0 Å². The molecular formula is C17H21N3O3. The molecule has 1 saturated heterocycles. The standard InChI is InChI=1S/C17H21N3O3/c1-11(2)16-18-17(23-19-16)13-9-20(10-13)15(21)8-12-4-6-14(22-3)7-5-12/h4-7,11,13H,8-10H2,1-3H3. The van der Waals surface area contributed by atoms with Crippen molar-refractivity contribution in [3.63, 3.8) is 0 Å². The van der Waals surface area contributed by atoms with Gasteiger partial charge in [-0.25, -0.2) is 0 Å². The lowest BCUT2D eigenvalue weighted by molar-refractivity contribution is -0.135. The Morgan fingerprint density at radius 2 is 2.04 bits per heavy atom. The Morgan fingerprint density at radius 1 is 1.35 bits per heavy atom. The van der Waals surface area contributed by atoms with Crippen molar-refractivity contribution >= 4 is 5.91 Å². The molecule has 0 saturated carbocycles. The summed E-state index contributed by atoms with van der Waals surface area (Å²) in [5, 5.41) is 3.97. The number of hydrogen-bond donors (Lipinski definition) is 0. The summed E-state index contributed by atoms with van der Waals surface area (Å²) in [4.78, 5) is 18.5. The number of aromatic nitrogens is 2. The number of likely N-dealkylation sites (tertiary alicyclic amines) is 1. The van der Waals surface area contributed by atoms with Crippen molar-refractivity contribution in [1.82, 2.24) is 15.0 Å². The molecule has 6 nitrogen and oxygen atoms in total. The average Bonchev–Trinajstić information content (AvgIpc) is 2.96. The summed E-state index contributed by atoms with van der Waals surface area (Å²) >= 11 is 0. The van der Waals surface area contributed by atoms with Gasteiger partial charge in [0.25, 0.3) is 0 Å². The molecule has 1 amide bonds. The summed E-state index contributed by atoms with van der Waals surface area (Å²) in [5.41, 5.74) is 0.985. The second-order valence-electron chi connectivity index (χ2n) is 6.17. The molecule has 0 bridgehead atoms. The molecule has 2 heterocycles. The molecule has 1 fully saturated rings. The molecule has 1 aliphatic heterocycles. The zero-order chi connectivity index (χ0) is 16.4. The summed E-state index contributed by atoms with van der Waals surface area (Å²) < 4.78 is 10.4. The van der Waals surface area contributed by atoms with E-state index in [1.807, 2.05) is 43.0 Å². The SMILES string of the molecule is COc1ccc(CC(=O)N2CC(c3nc(C(C)C)no3)C2)cc1. The molecular weight excluding hydrogens is 294 g/mol. The lowest BCUT2D eigenvalue weighted by Crippen LogP contribution is -2.49. The van der Waals surface area contributed by atoms with E-state index in [4.69, 9.17) is 9.26 Å². The van der Waals surface area contributed by atoms with Crippen LogP contribution in [0.15, 0.2) is 28.8 Å². The van der Waals surface area contributed by atoms with Crippen molar-refractivity contribution in [1.29, 1.82) is 0 Å². The monoisotopic (exact) mass is 315 g/mol. The summed E-state index contributed by atoms with van der Waals surface area (Å²) in [6.07, 6.45) is 0.401. The van der Waals surface area contributed by atoms with E-state index in [1.54, 1.807) is 7.11 Å². The molecule has 0 unspecified atom stereocenters. The molecule has 0 N–H and O–H groups in total. The fourth-order valence-corrected chi connectivity index (χ4v) is 2.52. The first-order chi connectivity index (χ1) is 11.1. The topological polar surface area (TPSA) is 68.5 Å². The maximum Gasteiger partial charge on any atom is 0.233 e. The first-order valence-electron chi connectivity index (χ1n) is 7.81. The number of rotatable bonds is 5. The van der Waals surface area contributed by atoms with E-state index < -0.39 is 0 Å². The predicted molar refractivity (Wildman–Crippen MR) is 84.4 cm³/mol. The third kappa shape index (κ3) is 3.36. The average molecular weight is 315 g/mol. The smallest absolute Gasteiger partial charge is 0.233 e. The highest BCUT2D eigenvalue weighted by Gasteiger charge is 2.35. The van der Waals surface area contributed by atoms with E-state index >= 15 is 0 Å². The Labute approximate surface area is 135 Å². The van der Waals surface area contributed by atoms with Gasteiger partial charge >= 0.3 is 0 Å². The van der Waals surface area contributed by atoms with Crippen LogP contribution in [0.5, 0.6) is 5.75 Å². The summed E-state index contributed by atoms with van der Waals surface area (Å²) in [7, 11) is 1.63. The number of hydrogen-bond acceptors (Lipinski definition) is 5. The third-order valence-electron chi connectivity index (χ3n) is 4.07. The van der Waals surface area contributed by atoms with Gasteiger partial charge in [0.15, 0.2) is 5.82 Å². The minimum Gasteiger partial charge on any atom is -0.497 e. The highest BCUT2D eigenvalue weighted by Crippen LogP contribution is 2.27. The highest BCUT2D eigenvalue weighted by atomic mass is 16.5. The van der Waals surface area contributed by atoms with Crippen LogP contribution in [0, 0.1) is 0 Å². The summed E-state index contributed by atoms with van der Waals surface area (Å²) in [5.74, 6) is 2.69. The molecule has 0 spiro atoms. The Hall–Kier alpha value is -2.37. The lowest BCUT2D eigenvalue weighted by Gasteiger charge is -2.37. The number of methoxy groups -OCH3 is 1. The molecule has 0 radical (unpaired) electrons. The molecule has 122 valence electrons. The fraction of sp³-hybridized carbons (Fsp3) is 0.471. The van der Waals surface area contributed by atoms with Crippen LogP contribution in [0.4, 0.5) is 0 Å². The van der Waals surface area contributed by atoms with Crippen LogP contribution in [-0.2, 0) is 11.2 Å². The van der Waals surface area contributed by atoms with Crippen LogP contribution in [0.3, 0.4) is 0 Å². The van der Waals surface area contributed by atoms with Crippen LogP contribution in [0.25, 0.3) is 0 Å². The predicted octanol–water partition coefficient (Wildman–Crippen LogP) is 2.37. The van der Waals surface area contributed by atoms with Gasteiger partial charge in [-0.1, -0.05) is 31.1 Å². The van der Waals surface area contributed by atoms with Gasteiger partial charge in [-0.3, -0.25) is 4.79 Å². The number of carbonyl (C=O) groups is 1. The zero-order valence-electron chi connectivity index (χ0n) is 13.7. The largest absolute Gasteiger partial charge is 0.497 e. The van der Waals surface area contributed by atoms with Gasteiger partial charge < -0.3 is 14.2 Å². The van der Waals surface area contributed by atoms with Crippen LogP contribution < -0.4 is 4.74 Å². The second-order valence-corrected chi connectivity index (χ2v) is 6.17. The van der Waals surface area contributed by atoms with Crippen molar-refractivity contribution < 1.29 is 14.1 Å². The summed E-state index contributed by atoms with van der Waals surface area (Å²) in [6.45, 7) is 5.35. The number of benzene rings is 1. The van der Waals surface area contributed by atoms with Crippen molar-refractivity contribution in [2.45, 2.75) is 32.1 Å². The minimum absolute atomic E-state index is 0.120. The van der Waals surface area contributed by atoms with Gasteiger partial charge in [-0.05, 0) is 17.7 Å². The van der Waals surface area contributed by atoms with Gasteiger partial charge in [0.2, 0.25) is 11.8 Å². The van der Waals surface area contributed by atoms with E-state index in [9.17, 15) is 4.79 Å². The van der Waals surface area contributed by atoms with E-state index in [2.05, 4.69) is 10.1 Å². The van der Waals surface area contributed by atoms with Crippen LogP contribution in [0.1, 0.15) is 43.0 Å². The molecule has 0 aliphatic carbocycles. The maximum absolute atomic E-state index is 12.3. The van der Waals surface area contributed by atoms with Crippen molar-refractivity contribution in [2.75, 3.05) is 20.2 Å². The molecule has 1 aliphatic rings. The van der Waals surface area contributed by atoms with Gasteiger partial charge in [-0.2, -0.15) is 4.98 Å². The van der Waals surface area contributed by atoms with E-state index in [0.29, 0.717) is 25.4 Å². The van der Waals surface area contributed by atoms with Gasteiger partial charge in [0.05, 0.1) is 19.4 Å². The Balaban J connectivity index is 1.52. The Bertz CT molecular complexity index is 673. The quantitative estimate of drug-likeness (QED) is 0.847. The molecule has 0 atom stereocenters. The van der Waals surface area contributed by atoms with Crippen LogP contribution in [-0.4, -0.2) is 41.1 Å². The van der Waals surface area contributed by atoms with E-state index in [-0.39, 0.29) is 17.7 Å². The fourth-order valence-electron chi connectivity index (χ4n) is 2.52.